The Bertz CT molecular complexity index is 959. The minimum Gasteiger partial charge on any atom is -0.339 e. The molecule has 2 aromatic carbocycles. The number of rotatable bonds is 2. The summed E-state index contributed by atoms with van der Waals surface area (Å²) in [4.78, 5) is 19.4. The Kier molecular flexibility index (Phi) is 3.97. The first-order valence-corrected chi connectivity index (χ1v) is 9.77. The summed E-state index contributed by atoms with van der Waals surface area (Å²) in [6.07, 6.45) is 5.32. The average Bonchev–Trinajstić information content (AvgIpc) is 3.36. The van der Waals surface area contributed by atoms with Gasteiger partial charge in [-0.3, -0.25) is 9.36 Å². The van der Waals surface area contributed by atoms with Crippen LogP contribution >= 0.6 is 0 Å². The summed E-state index contributed by atoms with van der Waals surface area (Å²) in [5, 5.41) is 3.48. The fourth-order valence-electron chi connectivity index (χ4n) is 4.52. The number of carbonyl (C=O) groups excluding carboxylic acids is 1. The largest absolute Gasteiger partial charge is 0.339 e. The number of aromatic nitrogens is 2. The molecule has 3 aromatic rings. The number of nitrogens with one attached hydrogen (secondary N) is 1. The molecule has 0 atom stereocenters. The average molecular weight is 360 g/mol. The molecule has 1 spiro atoms. The topological polar surface area (TPSA) is 50.2 Å². The number of fused-ring (bicyclic) bond motifs is 1. The van der Waals surface area contributed by atoms with Crippen LogP contribution in [0.25, 0.3) is 16.7 Å². The van der Waals surface area contributed by atoms with Crippen molar-refractivity contribution in [1.82, 2.24) is 19.8 Å². The van der Waals surface area contributed by atoms with Crippen molar-refractivity contribution in [2.24, 2.45) is 5.41 Å². The minimum atomic E-state index is 0.151. The first-order valence-electron chi connectivity index (χ1n) is 9.77. The van der Waals surface area contributed by atoms with Gasteiger partial charge >= 0.3 is 0 Å². The summed E-state index contributed by atoms with van der Waals surface area (Å²) < 4.78 is 2.06. The molecular weight excluding hydrogens is 336 g/mol. The third-order valence-corrected chi connectivity index (χ3v) is 6.29. The molecule has 27 heavy (non-hydrogen) atoms. The third kappa shape index (κ3) is 2.92. The van der Waals surface area contributed by atoms with E-state index in [0.29, 0.717) is 5.41 Å². The van der Waals surface area contributed by atoms with Gasteiger partial charge < -0.3 is 10.2 Å². The molecular formula is C22H24N4O. The quantitative estimate of drug-likeness (QED) is 0.763. The van der Waals surface area contributed by atoms with Crippen LogP contribution in [0.2, 0.25) is 0 Å². The molecule has 2 aliphatic heterocycles. The number of para-hydroxylation sites is 2. The molecule has 5 rings (SSSR count). The van der Waals surface area contributed by atoms with E-state index in [9.17, 15) is 4.79 Å². The van der Waals surface area contributed by atoms with Crippen LogP contribution in [-0.2, 0) is 0 Å². The van der Waals surface area contributed by atoms with Gasteiger partial charge in [-0.15, -0.1) is 0 Å². The molecule has 2 aliphatic rings. The van der Waals surface area contributed by atoms with Crippen molar-refractivity contribution in [3.8, 4) is 5.69 Å². The fourth-order valence-corrected chi connectivity index (χ4v) is 4.52. The van der Waals surface area contributed by atoms with Gasteiger partial charge in [-0.1, -0.05) is 12.1 Å². The van der Waals surface area contributed by atoms with E-state index in [1.54, 1.807) is 0 Å². The van der Waals surface area contributed by atoms with Gasteiger partial charge in [0.2, 0.25) is 0 Å². The standard InChI is InChI=1S/C22H24N4O/c27-21(25-13-10-22(11-14-25)9-12-23-15-22)17-5-7-18(8-6-17)26-16-24-19-3-1-2-4-20(19)26/h1-8,16,23H,9-15H2. The number of benzene rings is 2. The summed E-state index contributed by atoms with van der Waals surface area (Å²) in [5.74, 6) is 0.151. The number of piperidine rings is 1. The van der Waals surface area contributed by atoms with Crippen molar-refractivity contribution < 1.29 is 4.79 Å². The molecule has 0 saturated carbocycles. The van der Waals surface area contributed by atoms with Crippen LogP contribution in [-0.4, -0.2) is 46.5 Å². The second kappa shape index (κ2) is 6.50. The molecule has 1 aromatic heterocycles. The van der Waals surface area contributed by atoms with Gasteiger partial charge in [-0.25, -0.2) is 4.98 Å². The summed E-state index contributed by atoms with van der Waals surface area (Å²) in [7, 11) is 0. The van der Waals surface area contributed by atoms with Crippen LogP contribution in [0.5, 0.6) is 0 Å². The number of hydrogen-bond donors (Lipinski definition) is 1. The Morgan fingerprint density at radius 1 is 1.00 bits per heavy atom. The first-order chi connectivity index (χ1) is 13.2. The second-order valence-electron chi connectivity index (χ2n) is 7.87. The van der Waals surface area contributed by atoms with E-state index in [1.165, 1.54) is 6.42 Å². The highest BCUT2D eigenvalue weighted by atomic mass is 16.2. The lowest BCUT2D eigenvalue weighted by molar-refractivity contribution is 0.0607. The molecule has 0 unspecified atom stereocenters. The molecule has 0 bridgehead atoms. The molecule has 138 valence electrons. The zero-order valence-corrected chi connectivity index (χ0v) is 15.4. The van der Waals surface area contributed by atoms with Gasteiger partial charge in [0, 0.05) is 30.9 Å². The Hall–Kier alpha value is -2.66. The number of imidazole rings is 1. The maximum atomic E-state index is 12.9. The number of amides is 1. The molecule has 3 heterocycles. The fraction of sp³-hybridized carbons (Fsp3) is 0.364. The van der Waals surface area contributed by atoms with E-state index >= 15 is 0 Å². The predicted octanol–water partition coefficient (Wildman–Crippen LogP) is 3.24. The number of likely N-dealkylation sites (tertiary alicyclic amines) is 1. The zero-order chi connectivity index (χ0) is 18.3. The van der Waals surface area contributed by atoms with Crippen LogP contribution < -0.4 is 5.32 Å². The van der Waals surface area contributed by atoms with Gasteiger partial charge in [0.25, 0.3) is 5.91 Å². The maximum absolute atomic E-state index is 12.9. The SMILES string of the molecule is O=C(c1ccc(-n2cnc3ccccc32)cc1)N1CCC2(CCNC2)CC1. The monoisotopic (exact) mass is 360 g/mol. The lowest BCUT2D eigenvalue weighted by Crippen LogP contribution is -2.44. The van der Waals surface area contributed by atoms with E-state index in [-0.39, 0.29) is 5.91 Å². The van der Waals surface area contributed by atoms with Gasteiger partial charge in [0.1, 0.15) is 6.33 Å². The maximum Gasteiger partial charge on any atom is 0.253 e. The van der Waals surface area contributed by atoms with Crippen molar-refractivity contribution in [3.63, 3.8) is 0 Å². The summed E-state index contributed by atoms with van der Waals surface area (Å²) >= 11 is 0. The van der Waals surface area contributed by atoms with Crippen molar-refractivity contribution >= 4 is 16.9 Å². The molecule has 2 fully saturated rings. The van der Waals surface area contributed by atoms with Crippen molar-refractivity contribution in [2.45, 2.75) is 19.3 Å². The normalized spacial score (nSPS) is 19.0. The van der Waals surface area contributed by atoms with Gasteiger partial charge in [0.15, 0.2) is 0 Å². The molecule has 5 heteroatoms. The number of carbonyl (C=O) groups is 1. The summed E-state index contributed by atoms with van der Waals surface area (Å²) in [5.41, 5.74) is 4.27. The van der Waals surface area contributed by atoms with Crippen LogP contribution in [0.1, 0.15) is 29.6 Å². The van der Waals surface area contributed by atoms with Crippen molar-refractivity contribution in [1.29, 1.82) is 0 Å². The highest BCUT2D eigenvalue weighted by Crippen LogP contribution is 2.37. The Morgan fingerprint density at radius 2 is 1.78 bits per heavy atom. The lowest BCUT2D eigenvalue weighted by Gasteiger charge is -2.38. The Balaban J connectivity index is 1.32. The first kappa shape index (κ1) is 16.5. The molecule has 0 aliphatic carbocycles. The van der Waals surface area contributed by atoms with Crippen LogP contribution in [0.4, 0.5) is 0 Å². The van der Waals surface area contributed by atoms with Gasteiger partial charge in [0.05, 0.1) is 11.0 Å². The number of hydrogen-bond acceptors (Lipinski definition) is 3. The third-order valence-electron chi connectivity index (χ3n) is 6.29. The van der Waals surface area contributed by atoms with Crippen LogP contribution in [0, 0.1) is 5.41 Å². The molecule has 5 nitrogen and oxygen atoms in total. The highest BCUT2D eigenvalue weighted by molar-refractivity contribution is 5.94. The van der Waals surface area contributed by atoms with E-state index in [4.69, 9.17) is 0 Å². The zero-order valence-electron chi connectivity index (χ0n) is 15.4. The summed E-state index contributed by atoms with van der Waals surface area (Å²) in [6.45, 7) is 3.98. The van der Waals surface area contributed by atoms with Gasteiger partial charge in [-0.05, 0) is 67.6 Å². The number of nitrogens with zero attached hydrogens (tertiary/aromatic N) is 3. The molecule has 1 amide bonds. The smallest absolute Gasteiger partial charge is 0.253 e. The highest BCUT2D eigenvalue weighted by Gasteiger charge is 2.38. The molecule has 1 N–H and O–H groups in total. The Morgan fingerprint density at radius 3 is 2.52 bits per heavy atom. The second-order valence-corrected chi connectivity index (χ2v) is 7.87. The predicted molar refractivity (Wildman–Crippen MR) is 106 cm³/mol. The van der Waals surface area contributed by atoms with Crippen molar-refractivity contribution in [2.75, 3.05) is 26.2 Å². The van der Waals surface area contributed by atoms with E-state index in [1.807, 2.05) is 53.7 Å². The van der Waals surface area contributed by atoms with Crippen LogP contribution in [0.15, 0.2) is 54.9 Å². The Labute approximate surface area is 159 Å². The van der Waals surface area contributed by atoms with E-state index in [2.05, 4.69) is 20.9 Å². The van der Waals surface area contributed by atoms with E-state index in [0.717, 1.165) is 61.3 Å². The van der Waals surface area contributed by atoms with Gasteiger partial charge in [-0.2, -0.15) is 0 Å². The summed E-state index contributed by atoms with van der Waals surface area (Å²) in [6, 6.07) is 16.0. The lowest BCUT2D eigenvalue weighted by atomic mass is 9.78. The van der Waals surface area contributed by atoms with E-state index < -0.39 is 0 Å². The molecule has 2 saturated heterocycles. The van der Waals surface area contributed by atoms with Crippen molar-refractivity contribution in [3.05, 3.63) is 60.4 Å². The molecule has 0 radical (unpaired) electrons. The minimum absolute atomic E-state index is 0.151. The van der Waals surface area contributed by atoms with Crippen LogP contribution in [0.3, 0.4) is 0 Å².